The van der Waals surface area contributed by atoms with Crippen molar-refractivity contribution in [3.05, 3.63) is 48.6 Å². The maximum atomic E-state index is 10.3. The van der Waals surface area contributed by atoms with E-state index in [1.54, 1.807) is 0 Å². The first-order valence-corrected chi connectivity index (χ1v) is 8.75. The molecule has 136 valence electrons. The number of aliphatic hydroxyl groups is 2. The Morgan fingerprint density at radius 2 is 1.33 bits per heavy atom. The average Bonchev–Trinajstić information content (AvgIpc) is 2.55. The summed E-state index contributed by atoms with van der Waals surface area (Å²) >= 11 is 0. The molecule has 0 radical (unpaired) electrons. The highest BCUT2D eigenvalue weighted by atomic mass is 16.4. The van der Waals surface area contributed by atoms with Crippen LogP contribution in [0.3, 0.4) is 0 Å². The normalized spacial score (nSPS) is 15.1. The molecule has 0 amide bonds. The summed E-state index contributed by atoms with van der Waals surface area (Å²) in [5.74, 6) is -0.761. The van der Waals surface area contributed by atoms with Crippen molar-refractivity contribution in [2.75, 3.05) is 0 Å². The fraction of sp³-hybridized carbons (Fsp3) is 0.550. The van der Waals surface area contributed by atoms with Gasteiger partial charge in [-0.15, -0.1) is 0 Å². The number of carbonyl (C=O) groups is 1. The van der Waals surface area contributed by atoms with Gasteiger partial charge in [-0.1, -0.05) is 55.5 Å². The topological polar surface area (TPSA) is 77.8 Å². The Kier molecular flexibility index (Phi) is 15.1. The largest absolute Gasteiger partial charge is 0.481 e. The van der Waals surface area contributed by atoms with Gasteiger partial charge in [0.25, 0.3) is 0 Å². The van der Waals surface area contributed by atoms with E-state index in [-0.39, 0.29) is 6.42 Å². The fourth-order valence-electron chi connectivity index (χ4n) is 1.98. The van der Waals surface area contributed by atoms with Crippen molar-refractivity contribution in [3.63, 3.8) is 0 Å². The van der Waals surface area contributed by atoms with Crippen LogP contribution in [0.1, 0.15) is 58.3 Å². The maximum Gasteiger partial charge on any atom is 0.303 e. The van der Waals surface area contributed by atoms with E-state index in [0.717, 1.165) is 25.7 Å². The van der Waals surface area contributed by atoms with Gasteiger partial charge in [0.2, 0.25) is 0 Å². The molecule has 0 heterocycles. The molecule has 0 aromatic heterocycles. The zero-order valence-corrected chi connectivity index (χ0v) is 14.7. The second-order valence-electron chi connectivity index (χ2n) is 5.66. The summed E-state index contributed by atoms with van der Waals surface area (Å²) in [6.07, 6.45) is 19.5. The first kappa shape index (κ1) is 22.4. The van der Waals surface area contributed by atoms with E-state index in [1.807, 2.05) is 36.5 Å². The minimum Gasteiger partial charge on any atom is -0.481 e. The maximum absolute atomic E-state index is 10.3. The third-order valence-electron chi connectivity index (χ3n) is 3.41. The molecule has 0 aromatic carbocycles. The van der Waals surface area contributed by atoms with Crippen molar-refractivity contribution in [2.24, 2.45) is 0 Å². The zero-order chi connectivity index (χ0) is 18.0. The van der Waals surface area contributed by atoms with Crippen molar-refractivity contribution in [1.82, 2.24) is 0 Å². The van der Waals surface area contributed by atoms with Gasteiger partial charge in [-0.25, -0.2) is 0 Å². The molecule has 0 aliphatic rings. The van der Waals surface area contributed by atoms with Gasteiger partial charge < -0.3 is 15.3 Å². The van der Waals surface area contributed by atoms with Crippen LogP contribution in [0.2, 0.25) is 0 Å². The first-order chi connectivity index (χ1) is 11.6. The molecule has 0 unspecified atom stereocenters. The highest BCUT2D eigenvalue weighted by Gasteiger charge is 2.12. The van der Waals surface area contributed by atoms with Gasteiger partial charge in [-0.3, -0.25) is 4.79 Å². The number of aliphatic carboxylic acids is 1. The van der Waals surface area contributed by atoms with Crippen LogP contribution in [0.5, 0.6) is 0 Å². The van der Waals surface area contributed by atoms with Crippen molar-refractivity contribution in [3.8, 4) is 0 Å². The van der Waals surface area contributed by atoms with Crippen molar-refractivity contribution in [2.45, 2.75) is 70.5 Å². The van der Waals surface area contributed by atoms with Gasteiger partial charge in [0.1, 0.15) is 0 Å². The van der Waals surface area contributed by atoms with Gasteiger partial charge >= 0.3 is 5.97 Å². The predicted molar refractivity (Wildman–Crippen MR) is 98.8 cm³/mol. The predicted octanol–water partition coefficient (Wildman–Crippen LogP) is 4.16. The highest BCUT2D eigenvalue weighted by molar-refractivity contribution is 5.66. The molecule has 0 aliphatic heterocycles. The number of hydrogen-bond donors (Lipinski definition) is 3. The molecule has 0 spiro atoms. The molecule has 24 heavy (non-hydrogen) atoms. The molecule has 0 fully saturated rings. The molecular weight excluding hydrogens is 304 g/mol. The minimum absolute atomic E-state index is 0.202. The minimum atomic E-state index is -0.761. The highest BCUT2D eigenvalue weighted by Crippen LogP contribution is 2.06. The summed E-state index contributed by atoms with van der Waals surface area (Å²) in [4.78, 5) is 10.3. The molecule has 0 aliphatic carbocycles. The Hall–Kier alpha value is -1.65. The van der Waals surface area contributed by atoms with Crippen LogP contribution in [-0.4, -0.2) is 33.5 Å². The Labute approximate surface area is 145 Å². The van der Waals surface area contributed by atoms with Crippen molar-refractivity contribution in [1.29, 1.82) is 0 Å². The second-order valence-corrected chi connectivity index (χ2v) is 5.66. The van der Waals surface area contributed by atoms with Gasteiger partial charge in [0.15, 0.2) is 0 Å². The van der Waals surface area contributed by atoms with Crippen molar-refractivity contribution >= 4 is 5.97 Å². The molecule has 0 saturated carbocycles. The Morgan fingerprint density at radius 3 is 1.83 bits per heavy atom. The Morgan fingerprint density at radius 1 is 0.833 bits per heavy atom. The van der Waals surface area contributed by atoms with E-state index in [4.69, 9.17) is 5.11 Å². The summed E-state index contributed by atoms with van der Waals surface area (Å²) in [5.41, 5.74) is 0. The number of carboxylic acid groups (broad SMARTS) is 1. The molecule has 4 nitrogen and oxygen atoms in total. The number of allylic oxidation sites excluding steroid dienone is 6. The Balaban J connectivity index is 3.74. The second kappa shape index (κ2) is 16.2. The lowest BCUT2D eigenvalue weighted by atomic mass is 10.1. The van der Waals surface area contributed by atoms with Crippen LogP contribution in [0, 0.1) is 0 Å². The third kappa shape index (κ3) is 15.3. The Bertz CT molecular complexity index is 421. The van der Waals surface area contributed by atoms with E-state index in [2.05, 4.69) is 19.1 Å². The molecule has 4 heteroatoms. The number of carboxylic acids is 1. The zero-order valence-electron chi connectivity index (χ0n) is 14.7. The quantitative estimate of drug-likeness (QED) is 0.329. The SMILES string of the molecule is CC/C=C\C/C=C\C[C@H](O)[C@H](O)C/C=C\C/C=C\CCCC(=O)O. The average molecular weight is 336 g/mol. The molecule has 0 bridgehead atoms. The van der Waals surface area contributed by atoms with Crippen LogP contribution in [0.25, 0.3) is 0 Å². The molecule has 0 aromatic rings. The molecule has 2 atom stereocenters. The monoisotopic (exact) mass is 336 g/mol. The molecule has 0 saturated heterocycles. The van der Waals surface area contributed by atoms with E-state index in [0.29, 0.717) is 19.3 Å². The lowest BCUT2D eigenvalue weighted by Crippen LogP contribution is -2.24. The van der Waals surface area contributed by atoms with Gasteiger partial charge in [0.05, 0.1) is 12.2 Å². The van der Waals surface area contributed by atoms with Crippen LogP contribution >= 0.6 is 0 Å². The van der Waals surface area contributed by atoms with E-state index in [9.17, 15) is 15.0 Å². The summed E-state index contributed by atoms with van der Waals surface area (Å²) in [6.45, 7) is 2.09. The third-order valence-corrected chi connectivity index (χ3v) is 3.41. The number of hydrogen-bond acceptors (Lipinski definition) is 3. The molecule has 3 N–H and O–H groups in total. The fourth-order valence-corrected chi connectivity index (χ4v) is 1.98. The number of rotatable bonds is 14. The summed E-state index contributed by atoms with van der Waals surface area (Å²) in [7, 11) is 0. The standard InChI is InChI=1S/C20H32O4/c1-2-3-4-5-9-12-15-18(21)19(22)16-13-10-7-6-8-11-14-17-20(23)24/h3-4,6,8-10,12-13,18-19,21-22H,2,5,7,11,14-17H2,1H3,(H,23,24)/b4-3-,8-6-,12-9-,13-10-/t18-,19+/m0/s1. The number of aliphatic hydroxyl groups excluding tert-OH is 2. The molecular formula is C20H32O4. The van der Waals surface area contributed by atoms with Gasteiger partial charge in [-0.2, -0.15) is 0 Å². The first-order valence-electron chi connectivity index (χ1n) is 8.75. The lowest BCUT2D eigenvalue weighted by molar-refractivity contribution is -0.137. The van der Waals surface area contributed by atoms with Crippen LogP contribution < -0.4 is 0 Å². The van der Waals surface area contributed by atoms with Gasteiger partial charge in [0, 0.05) is 6.42 Å². The van der Waals surface area contributed by atoms with E-state index < -0.39 is 18.2 Å². The van der Waals surface area contributed by atoms with Crippen LogP contribution in [0.4, 0.5) is 0 Å². The number of unbranched alkanes of at least 4 members (excludes halogenated alkanes) is 1. The van der Waals surface area contributed by atoms with E-state index >= 15 is 0 Å². The lowest BCUT2D eigenvalue weighted by Gasteiger charge is -2.14. The van der Waals surface area contributed by atoms with Crippen LogP contribution in [-0.2, 0) is 4.79 Å². The summed E-state index contributed by atoms with van der Waals surface area (Å²) in [5, 5.41) is 28.2. The van der Waals surface area contributed by atoms with Crippen molar-refractivity contribution < 1.29 is 20.1 Å². The van der Waals surface area contributed by atoms with E-state index in [1.165, 1.54) is 0 Å². The molecule has 0 rings (SSSR count). The smallest absolute Gasteiger partial charge is 0.303 e. The summed E-state index contributed by atoms with van der Waals surface area (Å²) in [6, 6.07) is 0. The van der Waals surface area contributed by atoms with Crippen LogP contribution in [0.15, 0.2) is 48.6 Å². The summed E-state index contributed by atoms with van der Waals surface area (Å²) < 4.78 is 0. The van der Waals surface area contributed by atoms with Gasteiger partial charge in [-0.05, 0) is 44.9 Å².